The molecule has 2 aromatic rings. The number of benzene rings is 2. The predicted molar refractivity (Wildman–Crippen MR) is 90.5 cm³/mol. The maximum absolute atomic E-state index is 11.7. The van der Waals surface area contributed by atoms with Crippen molar-refractivity contribution in [3.8, 4) is 11.5 Å². The zero-order valence-electron chi connectivity index (χ0n) is 13.4. The van der Waals surface area contributed by atoms with Gasteiger partial charge in [-0.2, -0.15) is 0 Å². The minimum absolute atomic E-state index is 0.401. The Bertz CT molecular complexity index is 668. The molecule has 126 valence electrons. The topological polar surface area (TPSA) is 59.0 Å². The first kappa shape index (κ1) is 16.5. The van der Waals surface area contributed by atoms with Gasteiger partial charge in [-0.05, 0) is 23.8 Å². The summed E-state index contributed by atoms with van der Waals surface area (Å²) in [5, 5.41) is 9.64. The van der Waals surface area contributed by atoms with Crippen molar-refractivity contribution in [3.63, 3.8) is 0 Å². The van der Waals surface area contributed by atoms with Crippen molar-refractivity contribution in [1.82, 2.24) is 4.90 Å². The molecule has 1 fully saturated rings. The van der Waals surface area contributed by atoms with Crippen molar-refractivity contribution in [2.75, 3.05) is 26.3 Å². The van der Waals surface area contributed by atoms with Gasteiger partial charge in [0.2, 0.25) is 0 Å². The molecule has 0 bridgehead atoms. The molecule has 0 saturated carbocycles. The van der Waals surface area contributed by atoms with Gasteiger partial charge < -0.3 is 14.6 Å². The fraction of sp³-hybridized carbons (Fsp3) is 0.316. The molecule has 0 amide bonds. The van der Waals surface area contributed by atoms with E-state index in [9.17, 15) is 9.90 Å². The van der Waals surface area contributed by atoms with Gasteiger partial charge in [-0.3, -0.25) is 9.69 Å². The second kappa shape index (κ2) is 7.95. The Balaban J connectivity index is 1.79. The summed E-state index contributed by atoms with van der Waals surface area (Å²) in [4.78, 5) is 13.7. The van der Waals surface area contributed by atoms with E-state index in [0.717, 1.165) is 11.3 Å². The molecule has 5 heteroatoms. The van der Waals surface area contributed by atoms with Gasteiger partial charge in [0.05, 0.1) is 13.2 Å². The van der Waals surface area contributed by atoms with Gasteiger partial charge in [0.25, 0.3) is 0 Å². The Hall–Kier alpha value is -2.37. The number of hydrogen-bond acceptors (Lipinski definition) is 4. The fourth-order valence-corrected chi connectivity index (χ4v) is 2.86. The molecule has 0 aromatic heterocycles. The summed E-state index contributed by atoms with van der Waals surface area (Å²) in [7, 11) is 0. The smallest absolute Gasteiger partial charge is 0.321 e. The third-order valence-corrected chi connectivity index (χ3v) is 4.13. The van der Waals surface area contributed by atoms with E-state index in [1.165, 1.54) is 0 Å². The Labute approximate surface area is 141 Å². The van der Waals surface area contributed by atoms with Crippen LogP contribution in [0, 0.1) is 0 Å². The Morgan fingerprint density at radius 2 is 1.75 bits per heavy atom. The van der Waals surface area contributed by atoms with Gasteiger partial charge in [-0.1, -0.05) is 36.4 Å². The van der Waals surface area contributed by atoms with E-state index < -0.39 is 12.0 Å². The van der Waals surface area contributed by atoms with Crippen molar-refractivity contribution >= 4 is 5.97 Å². The zero-order chi connectivity index (χ0) is 16.8. The molecule has 1 saturated heterocycles. The molecule has 5 nitrogen and oxygen atoms in total. The fourth-order valence-electron chi connectivity index (χ4n) is 2.86. The van der Waals surface area contributed by atoms with Gasteiger partial charge in [0, 0.05) is 19.5 Å². The first-order valence-electron chi connectivity index (χ1n) is 8.09. The number of carboxylic acid groups (broad SMARTS) is 1. The lowest BCUT2D eigenvalue weighted by atomic mass is 10.0. The standard InChI is InChI=1S/C19H21NO4/c21-19(22)17(20-10-12-23-13-11-20)14-15-6-4-5-9-18(15)24-16-7-2-1-3-8-16/h1-9,17H,10-14H2,(H,21,22)/t17-/m1/s1. The molecule has 3 rings (SSSR count). The highest BCUT2D eigenvalue weighted by atomic mass is 16.5. The van der Waals surface area contributed by atoms with Crippen LogP contribution in [0.5, 0.6) is 11.5 Å². The van der Waals surface area contributed by atoms with Gasteiger partial charge in [0.15, 0.2) is 0 Å². The van der Waals surface area contributed by atoms with Crippen LogP contribution < -0.4 is 4.74 Å². The number of hydrogen-bond donors (Lipinski definition) is 1. The molecule has 1 aliphatic rings. The minimum Gasteiger partial charge on any atom is -0.480 e. The van der Waals surface area contributed by atoms with E-state index in [-0.39, 0.29) is 0 Å². The molecule has 0 radical (unpaired) electrons. The van der Waals surface area contributed by atoms with Crippen molar-refractivity contribution in [3.05, 3.63) is 60.2 Å². The lowest BCUT2D eigenvalue weighted by Crippen LogP contribution is -2.48. The maximum atomic E-state index is 11.7. The number of morpholine rings is 1. The lowest BCUT2D eigenvalue weighted by molar-refractivity contribution is -0.145. The normalized spacial score (nSPS) is 16.5. The maximum Gasteiger partial charge on any atom is 0.321 e. The molecule has 1 aliphatic heterocycles. The molecule has 2 aromatic carbocycles. The first-order valence-corrected chi connectivity index (χ1v) is 8.09. The van der Waals surface area contributed by atoms with Gasteiger partial charge in [-0.15, -0.1) is 0 Å². The summed E-state index contributed by atoms with van der Waals surface area (Å²) < 4.78 is 11.3. The van der Waals surface area contributed by atoms with E-state index >= 15 is 0 Å². The van der Waals surface area contributed by atoms with Crippen LogP contribution in [0.1, 0.15) is 5.56 Å². The Kier molecular flexibility index (Phi) is 5.46. The second-order valence-electron chi connectivity index (χ2n) is 5.73. The van der Waals surface area contributed by atoms with Crippen LogP contribution in [-0.2, 0) is 16.0 Å². The largest absolute Gasteiger partial charge is 0.480 e. The van der Waals surface area contributed by atoms with Crippen LogP contribution in [-0.4, -0.2) is 48.3 Å². The lowest BCUT2D eigenvalue weighted by Gasteiger charge is -2.32. The number of nitrogens with zero attached hydrogens (tertiary/aromatic N) is 1. The van der Waals surface area contributed by atoms with Crippen molar-refractivity contribution in [2.24, 2.45) is 0 Å². The number of aliphatic carboxylic acids is 1. The molecule has 1 atom stereocenters. The zero-order valence-corrected chi connectivity index (χ0v) is 13.4. The third-order valence-electron chi connectivity index (χ3n) is 4.13. The van der Waals surface area contributed by atoms with Crippen molar-refractivity contribution in [1.29, 1.82) is 0 Å². The average molecular weight is 327 g/mol. The summed E-state index contributed by atoms with van der Waals surface area (Å²) in [6, 6.07) is 16.5. The molecular formula is C19H21NO4. The second-order valence-corrected chi connectivity index (χ2v) is 5.73. The van der Waals surface area contributed by atoms with Gasteiger partial charge in [0.1, 0.15) is 17.5 Å². The van der Waals surface area contributed by atoms with E-state index in [1.54, 1.807) is 0 Å². The van der Waals surface area contributed by atoms with Crippen molar-refractivity contribution < 1.29 is 19.4 Å². The monoisotopic (exact) mass is 327 g/mol. The SMILES string of the molecule is O=C(O)[C@@H](Cc1ccccc1Oc1ccccc1)N1CCOCC1. The predicted octanol–water partition coefficient (Wildman–Crippen LogP) is 2.81. The molecule has 0 unspecified atom stereocenters. The Morgan fingerprint density at radius 3 is 2.46 bits per heavy atom. The van der Waals surface area contributed by atoms with Gasteiger partial charge >= 0.3 is 5.97 Å². The highest BCUT2D eigenvalue weighted by Crippen LogP contribution is 2.27. The van der Waals surface area contributed by atoms with Crippen LogP contribution in [0.2, 0.25) is 0 Å². The number of carboxylic acids is 1. The molecular weight excluding hydrogens is 306 g/mol. The molecule has 1 heterocycles. The van der Waals surface area contributed by atoms with Crippen molar-refractivity contribution in [2.45, 2.75) is 12.5 Å². The summed E-state index contributed by atoms with van der Waals surface area (Å²) in [5.41, 5.74) is 0.889. The van der Waals surface area contributed by atoms with Crippen LogP contribution in [0.25, 0.3) is 0 Å². The Morgan fingerprint density at radius 1 is 1.08 bits per heavy atom. The van der Waals surface area contributed by atoms with Crippen LogP contribution >= 0.6 is 0 Å². The number of para-hydroxylation sites is 2. The van der Waals surface area contributed by atoms with E-state index in [4.69, 9.17) is 9.47 Å². The number of ether oxygens (including phenoxy) is 2. The molecule has 0 spiro atoms. The highest BCUT2D eigenvalue weighted by Gasteiger charge is 2.28. The average Bonchev–Trinajstić information content (AvgIpc) is 2.62. The van der Waals surface area contributed by atoms with E-state index in [0.29, 0.717) is 38.5 Å². The van der Waals surface area contributed by atoms with E-state index in [2.05, 4.69) is 0 Å². The summed E-state index contributed by atoms with van der Waals surface area (Å²) >= 11 is 0. The summed E-state index contributed by atoms with van der Waals surface area (Å²) in [6.45, 7) is 2.43. The minimum atomic E-state index is -0.814. The van der Waals surface area contributed by atoms with Crippen LogP contribution in [0.15, 0.2) is 54.6 Å². The van der Waals surface area contributed by atoms with Gasteiger partial charge in [-0.25, -0.2) is 0 Å². The summed E-state index contributed by atoms with van der Waals surface area (Å²) in [6.07, 6.45) is 0.401. The number of carbonyl (C=O) groups is 1. The summed E-state index contributed by atoms with van der Waals surface area (Å²) in [5.74, 6) is 0.623. The third kappa shape index (κ3) is 4.13. The number of rotatable bonds is 6. The quantitative estimate of drug-likeness (QED) is 0.884. The van der Waals surface area contributed by atoms with Crippen LogP contribution in [0.3, 0.4) is 0 Å². The van der Waals surface area contributed by atoms with Crippen LogP contribution in [0.4, 0.5) is 0 Å². The highest BCUT2D eigenvalue weighted by molar-refractivity contribution is 5.74. The molecule has 24 heavy (non-hydrogen) atoms. The first-order chi connectivity index (χ1) is 11.7. The van der Waals surface area contributed by atoms with E-state index in [1.807, 2.05) is 59.5 Å². The molecule has 1 N–H and O–H groups in total. The molecule has 0 aliphatic carbocycles.